The maximum atomic E-state index is 12.7. The molecule has 0 spiro atoms. The van der Waals surface area contributed by atoms with E-state index in [-0.39, 0.29) is 23.8 Å². The lowest BCUT2D eigenvalue weighted by Gasteiger charge is -2.21. The van der Waals surface area contributed by atoms with Crippen LogP contribution in [0, 0.1) is 23.1 Å². The Kier molecular flexibility index (Phi) is 3.70. The fourth-order valence-electron chi connectivity index (χ4n) is 2.36. The third-order valence-corrected chi connectivity index (χ3v) is 3.34. The molecule has 17 heavy (non-hydrogen) atoms. The second-order valence-electron chi connectivity index (χ2n) is 4.56. The molecule has 1 aromatic rings. The molecule has 1 fully saturated rings. The van der Waals surface area contributed by atoms with E-state index in [2.05, 4.69) is 16.4 Å². The maximum absolute atomic E-state index is 12.7. The first kappa shape index (κ1) is 12.0. The van der Waals surface area contributed by atoms with E-state index in [9.17, 15) is 4.39 Å². The Hall–Kier alpha value is -1.47. The van der Waals surface area contributed by atoms with Crippen LogP contribution in [0.5, 0.6) is 0 Å². The molecule has 0 aliphatic heterocycles. The van der Waals surface area contributed by atoms with Gasteiger partial charge < -0.3 is 5.32 Å². The van der Waals surface area contributed by atoms with E-state index in [1.165, 1.54) is 12.3 Å². The van der Waals surface area contributed by atoms with Gasteiger partial charge in [-0.15, -0.1) is 0 Å². The van der Waals surface area contributed by atoms with E-state index in [0.717, 1.165) is 25.0 Å². The minimum Gasteiger partial charge on any atom is -0.305 e. The summed E-state index contributed by atoms with van der Waals surface area (Å²) in [7, 11) is 0. The Balaban J connectivity index is 1.99. The summed E-state index contributed by atoms with van der Waals surface area (Å²) in [6, 6.07) is 5.72. The second-order valence-corrected chi connectivity index (χ2v) is 4.56. The van der Waals surface area contributed by atoms with E-state index in [0.29, 0.717) is 0 Å². The summed E-state index contributed by atoms with van der Waals surface area (Å²) >= 11 is 0. The Morgan fingerprint density at radius 1 is 1.53 bits per heavy atom. The molecule has 90 valence electrons. The highest BCUT2D eigenvalue weighted by atomic mass is 19.1. The predicted molar refractivity (Wildman–Crippen MR) is 62.5 cm³/mol. The first-order valence-corrected chi connectivity index (χ1v) is 5.98. The standard InChI is InChI=1S/C13H16FN3/c1-9(12-6-5-11(14)8-16-12)17-13-4-2-3-10(13)7-15/h5-6,8-10,13,17H,2-4H2,1H3. The quantitative estimate of drug-likeness (QED) is 0.872. The molecule has 4 heteroatoms. The number of nitrogens with one attached hydrogen (secondary N) is 1. The molecule has 1 aliphatic carbocycles. The van der Waals surface area contributed by atoms with Crippen LogP contribution in [0.2, 0.25) is 0 Å². The summed E-state index contributed by atoms with van der Waals surface area (Å²) in [4.78, 5) is 4.05. The van der Waals surface area contributed by atoms with Crippen LogP contribution >= 0.6 is 0 Å². The molecule has 1 N–H and O–H groups in total. The highest BCUT2D eigenvalue weighted by Gasteiger charge is 2.28. The number of pyridine rings is 1. The smallest absolute Gasteiger partial charge is 0.141 e. The van der Waals surface area contributed by atoms with Gasteiger partial charge in [-0.3, -0.25) is 4.98 Å². The van der Waals surface area contributed by atoms with Gasteiger partial charge in [-0.1, -0.05) is 6.42 Å². The van der Waals surface area contributed by atoms with Crippen LogP contribution in [0.25, 0.3) is 0 Å². The lowest BCUT2D eigenvalue weighted by molar-refractivity contribution is 0.412. The average Bonchev–Trinajstić information content (AvgIpc) is 2.77. The molecule has 1 aliphatic rings. The molecule has 2 rings (SSSR count). The van der Waals surface area contributed by atoms with E-state index in [1.54, 1.807) is 6.07 Å². The van der Waals surface area contributed by atoms with Crippen molar-refractivity contribution in [3.05, 3.63) is 29.8 Å². The minimum absolute atomic E-state index is 0.0505. The summed E-state index contributed by atoms with van der Waals surface area (Å²) in [5, 5.41) is 12.4. The molecular formula is C13H16FN3. The fraction of sp³-hybridized carbons (Fsp3) is 0.538. The van der Waals surface area contributed by atoms with Crippen molar-refractivity contribution in [2.45, 2.75) is 38.3 Å². The Bertz CT molecular complexity index is 410. The van der Waals surface area contributed by atoms with Gasteiger partial charge in [0.05, 0.1) is 23.9 Å². The van der Waals surface area contributed by atoms with Gasteiger partial charge in [-0.2, -0.15) is 5.26 Å². The summed E-state index contributed by atoms with van der Waals surface area (Å²) in [5.41, 5.74) is 0.815. The number of nitrogens with zero attached hydrogens (tertiary/aromatic N) is 2. The molecule has 1 heterocycles. The van der Waals surface area contributed by atoms with Gasteiger partial charge in [-0.05, 0) is 31.9 Å². The normalized spacial score (nSPS) is 25.5. The Morgan fingerprint density at radius 2 is 2.35 bits per heavy atom. The zero-order valence-corrected chi connectivity index (χ0v) is 9.86. The van der Waals surface area contributed by atoms with Crippen LogP contribution in [0.15, 0.2) is 18.3 Å². The van der Waals surface area contributed by atoms with Gasteiger partial charge in [0.15, 0.2) is 0 Å². The van der Waals surface area contributed by atoms with Gasteiger partial charge in [0, 0.05) is 12.1 Å². The molecule has 3 nitrogen and oxygen atoms in total. The lowest BCUT2D eigenvalue weighted by atomic mass is 10.0. The van der Waals surface area contributed by atoms with Crippen molar-refractivity contribution < 1.29 is 4.39 Å². The van der Waals surface area contributed by atoms with Gasteiger partial charge in [0.2, 0.25) is 0 Å². The lowest BCUT2D eigenvalue weighted by Crippen LogP contribution is -2.34. The average molecular weight is 233 g/mol. The second kappa shape index (κ2) is 5.24. The zero-order chi connectivity index (χ0) is 12.3. The summed E-state index contributed by atoms with van der Waals surface area (Å²) in [5.74, 6) is -0.227. The number of halogens is 1. The van der Waals surface area contributed by atoms with Crippen molar-refractivity contribution in [1.29, 1.82) is 5.26 Å². The molecule has 3 unspecified atom stereocenters. The predicted octanol–water partition coefficient (Wildman–Crippen LogP) is 2.56. The van der Waals surface area contributed by atoms with E-state index < -0.39 is 0 Å². The van der Waals surface area contributed by atoms with Gasteiger partial charge in [0.25, 0.3) is 0 Å². The van der Waals surface area contributed by atoms with E-state index in [1.807, 2.05) is 6.92 Å². The molecule has 0 amide bonds. The van der Waals surface area contributed by atoms with Crippen LogP contribution in [0.3, 0.4) is 0 Å². The fourth-order valence-corrected chi connectivity index (χ4v) is 2.36. The van der Waals surface area contributed by atoms with Gasteiger partial charge in [0.1, 0.15) is 5.82 Å². The van der Waals surface area contributed by atoms with Gasteiger partial charge in [-0.25, -0.2) is 4.39 Å². The largest absolute Gasteiger partial charge is 0.305 e. The van der Waals surface area contributed by atoms with Crippen molar-refractivity contribution >= 4 is 0 Å². The minimum atomic E-state index is -0.322. The molecule has 1 saturated carbocycles. The van der Waals surface area contributed by atoms with E-state index in [4.69, 9.17) is 5.26 Å². The summed E-state index contributed by atoms with van der Waals surface area (Å²) in [6.45, 7) is 1.99. The van der Waals surface area contributed by atoms with Gasteiger partial charge >= 0.3 is 0 Å². The van der Waals surface area contributed by atoms with Crippen molar-refractivity contribution in [2.75, 3.05) is 0 Å². The van der Waals surface area contributed by atoms with Crippen LogP contribution in [-0.4, -0.2) is 11.0 Å². The number of aromatic nitrogens is 1. The van der Waals surface area contributed by atoms with Crippen LogP contribution in [0.4, 0.5) is 4.39 Å². The van der Waals surface area contributed by atoms with Crippen LogP contribution in [0.1, 0.15) is 37.9 Å². The molecule has 1 aromatic heterocycles. The highest BCUT2D eigenvalue weighted by molar-refractivity contribution is 5.10. The van der Waals surface area contributed by atoms with Crippen molar-refractivity contribution in [2.24, 2.45) is 5.92 Å². The SMILES string of the molecule is CC(NC1CCCC1C#N)c1ccc(F)cn1. The Labute approximate surface area is 101 Å². The number of hydrogen-bond acceptors (Lipinski definition) is 3. The number of rotatable bonds is 3. The first-order chi connectivity index (χ1) is 8.20. The number of hydrogen-bond donors (Lipinski definition) is 1. The molecule has 3 atom stereocenters. The third-order valence-electron chi connectivity index (χ3n) is 3.34. The topological polar surface area (TPSA) is 48.7 Å². The van der Waals surface area contributed by atoms with Crippen LogP contribution in [-0.2, 0) is 0 Å². The van der Waals surface area contributed by atoms with Crippen molar-refractivity contribution in [3.8, 4) is 6.07 Å². The van der Waals surface area contributed by atoms with E-state index >= 15 is 0 Å². The maximum Gasteiger partial charge on any atom is 0.141 e. The summed E-state index contributed by atoms with van der Waals surface area (Å²) < 4.78 is 12.7. The third kappa shape index (κ3) is 2.80. The number of nitriles is 1. The van der Waals surface area contributed by atoms with Crippen LogP contribution < -0.4 is 5.32 Å². The van der Waals surface area contributed by atoms with Crippen molar-refractivity contribution in [3.63, 3.8) is 0 Å². The molecule has 0 radical (unpaired) electrons. The molecule has 0 aromatic carbocycles. The summed E-state index contributed by atoms with van der Waals surface area (Å²) in [6.07, 6.45) is 4.32. The van der Waals surface area contributed by atoms with Crippen molar-refractivity contribution in [1.82, 2.24) is 10.3 Å². The monoisotopic (exact) mass is 233 g/mol. The molecular weight excluding hydrogens is 217 g/mol. The highest BCUT2D eigenvalue weighted by Crippen LogP contribution is 2.26. The molecule has 0 bridgehead atoms. The Morgan fingerprint density at radius 3 is 3.00 bits per heavy atom. The molecule has 0 saturated heterocycles. The zero-order valence-electron chi connectivity index (χ0n) is 9.86. The first-order valence-electron chi connectivity index (χ1n) is 5.98.